The molecule has 2 heterocycles. The highest BCUT2D eigenvalue weighted by molar-refractivity contribution is 5.99. The molecule has 0 radical (unpaired) electrons. The number of carbonyl (C=O) groups is 2. The summed E-state index contributed by atoms with van der Waals surface area (Å²) in [5.41, 5.74) is 2.38. The molecule has 4 rings (SSSR count). The molecule has 2 amide bonds. The predicted octanol–water partition coefficient (Wildman–Crippen LogP) is 2.99. The largest absolute Gasteiger partial charge is 0.482 e. The van der Waals surface area contributed by atoms with Crippen molar-refractivity contribution in [1.29, 1.82) is 0 Å². The molecule has 2 aromatic carbocycles. The van der Waals surface area contributed by atoms with E-state index in [1.807, 2.05) is 23.1 Å². The van der Waals surface area contributed by atoms with Crippen molar-refractivity contribution in [2.45, 2.75) is 18.9 Å². The summed E-state index contributed by atoms with van der Waals surface area (Å²) in [6, 6.07) is 15.5. The van der Waals surface area contributed by atoms with Gasteiger partial charge < -0.3 is 15.0 Å². The summed E-state index contributed by atoms with van der Waals surface area (Å²) in [4.78, 5) is 26.2. The Bertz CT molecular complexity index is 788. The zero-order valence-electron chi connectivity index (χ0n) is 13.2. The molecule has 1 unspecified atom stereocenters. The molecule has 1 fully saturated rings. The van der Waals surface area contributed by atoms with E-state index in [9.17, 15) is 9.59 Å². The fraction of sp³-hybridized carbons (Fsp3) is 0.263. The summed E-state index contributed by atoms with van der Waals surface area (Å²) in [5, 5.41) is 2.74. The van der Waals surface area contributed by atoms with Crippen molar-refractivity contribution in [3.8, 4) is 5.75 Å². The minimum Gasteiger partial charge on any atom is -0.482 e. The molecule has 5 nitrogen and oxygen atoms in total. The summed E-state index contributed by atoms with van der Waals surface area (Å²) < 4.78 is 5.42. The topological polar surface area (TPSA) is 58.6 Å². The number of hydrogen-bond acceptors (Lipinski definition) is 3. The Morgan fingerprint density at radius 2 is 2.00 bits per heavy atom. The van der Waals surface area contributed by atoms with Crippen molar-refractivity contribution >= 4 is 17.5 Å². The van der Waals surface area contributed by atoms with Gasteiger partial charge in [-0.1, -0.05) is 30.3 Å². The predicted molar refractivity (Wildman–Crippen MR) is 90.0 cm³/mol. The van der Waals surface area contributed by atoms with Gasteiger partial charge in [0.2, 0.25) is 0 Å². The van der Waals surface area contributed by atoms with E-state index in [4.69, 9.17) is 4.74 Å². The quantitative estimate of drug-likeness (QED) is 0.924. The van der Waals surface area contributed by atoms with Crippen LogP contribution in [0.3, 0.4) is 0 Å². The first-order chi connectivity index (χ1) is 11.7. The Morgan fingerprint density at radius 3 is 2.83 bits per heavy atom. The molecule has 5 heteroatoms. The van der Waals surface area contributed by atoms with Crippen molar-refractivity contribution in [3.05, 3.63) is 59.7 Å². The van der Waals surface area contributed by atoms with E-state index in [-0.39, 0.29) is 24.5 Å². The normalized spacial score (nSPS) is 19.4. The Labute approximate surface area is 140 Å². The summed E-state index contributed by atoms with van der Waals surface area (Å²) in [7, 11) is 0. The number of rotatable bonds is 2. The van der Waals surface area contributed by atoms with Gasteiger partial charge in [0.15, 0.2) is 6.61 Å². The summed E-state index contributed by atoms with van der Waals surface area (Å²) >= 11 is 0. The monoisotopic (exact) mass is 322 g/mol. The first-order valence-electron chi connectivity index (χ1n) is 8.15. The number of fused-ring (bicyclic) bond motifs is 1. The van der Waals surface area contributed by atoms with E-state index < -0.39 is 0 Å². The number of carbonyl (C=O) groups excluding carboxylic acids is 2. The molecule has 1 saturated heterocycles. The molecule has 122 valence electrons. The summed E-state index contributed by atoms with van der Waals surface area (Å²) in [5.74, 6) is 0.380. The van der Waals surface area contributed by atoms with Crippen LogP contribution < -0.4 is 10.1 Å². The Morgan fingerprint density at radius 1 is 1.17 bits per heavy atom. The van der Waals surface area contributed by atoms with Gasteiger partial charge in [0, 0.05) is 12.1 Å². The van der Waals surface area contributed by atoms with Crippen molar-refractivity contribution in [1.82, 2.24) is 4.90 Å². The molecule has 0 aromatic heterocycles. The maximum Gasteiger partial charge on any atom is 0.262 e. The lowest BCUT2D eigenvalue weighted by molar-refractivity contribution is -0.118. The van der Waals surface area contributed by atoms with Crippen LogP contribution in [0.25, 0.3) is 0 Å². The van der Waals surface area contributed by atoms with Crippen molar-refractivity contribution in [2.75, 3.05) is 18.5 Å². The third kappa shape index (κ3) is 2.62. The number of anilines is 1. The Hall–Kier alpha value is -2.82. The van der Waals surface area contributed by atoms with E-state index >= 15 is 0 Å². The number of hydrogen-bond donors (Lipinski definition) is 1. The highest BCUT2D eigenvalue weighted by Crippen LogP contribution is 2.35. The van der Waals surface area contributed by atoms with Crippen LogP contribution in [0.1, 0.15) is 34.8 Å². The maximum absolute atomic E-state index is 13.0. The average Bonchev–Trinajstić information content (AvgIpc) is 3.11. The van der Waals surface area contributed by atoms with Gasteiger partial charge in [0.05, 0.1) is 11.7 Å². The number of benzene rings is 2. The molecule has 1 atom stereocenters. The highest BCUT2D eigenvalue weighted by atomic mass is 16.5. The molecule has 2 aliphatic rings. The van der Waals surface area contributed by atoms with Crippen molar-refractivity contribution in [2.24, 2.45) is 0 Å². The lowest BCUT2D eigenvalue weighted by Crippen LogP contribution is -2.31. The smallest absolute Gasteiger partial charge is 0.262 e. The zero-order chi connectivity index (χ0) is 16.5. The molecule has 1 N–H and O–H groups in total. The second kappa shape index (κ2) is 6.00. The Balaban J connectivity index is 1.60. The van der Waals surface area contributed by atoms with Crippen LogP contribution >= 0.6 is 0 Å². The highest BCUT2D eigenvalue weighted by Gasteiger charge is 2.31. The number of nitrogens with zero attached hydrogens (tertiary/aromatic N) is 1. The van der Waals surface area contributed by atoms with Gasteiger partial charge in [-0.3, -0.25) is 9.59 Å². The van der Waals surface area contributed by atoms with Crippen LogP contribution in [-0.2, 0) is 4.79 Å². The van der Waals surface area contributed by atoms with Gasteiger partial charge in [0.1, 0.15) is 5.75 Å². The van der Waals surface area contributed by atoms with Gasteiger partial charge in [-0.2, -0.15) is 0 Å². The van der Waals surface area contributed by atoms with Gasteiger partial charge in [-0.25, -0.2) is 0 Å². The van der Waals surface area contributed by atoms with Crippen LogP contribution in [-0.4, -0.2) is 29.9 Å². The van der Waals surface area contributed by atoms with E-state index in [1.165, 1.54) is 5.56 Å². The second-order valence-corrected chi connectivity index (χ2v) is 6.12. The number of nitrogens with one attached hydrogen (secondary N) is 1. The van der Waals surface area contributed by atoms with Gasteiger partial charge in [0.25, 0.3) is 11.8 Å². The molecule has 0 aliphatic carbocycles. The average molecular weight is 322 g/mol. The lowest BCUT2D eigenvalue weighted by Gasteiger charge is -2.26. The molecular formula is C19H18N2O3. The van der Waals surface area contributed by atoms with Crippen LogP contribution in [0, 0.1) is 0 Å². The van der Waals surface area contributed by atoms with E-state index in [0.717, 1.165) is 19.4 Å². The number of amides is 2. The van der Waals surface area contributed by atoms with Gasteiger partial charge in [-0.15, -0.1) is 0 Å². The standard InChI is InChI=1S/C19H18N2O3/c22-18-12-24-17-11-14(8-9-15(17)20-18)19(23)21-10-4-7-16(21)13-5-2-1-3-6-13/h1-3,5-6,8-9,11,16H,4,7,10,12H2,(H,20,22). The molecule has 2 aliphatic heterocycles. The summed E-state index contributed by atoms with van der Waals surface area (Å²) in [6.07, 6.45) is 1.98. The van der Waals surface area contributed by atoms with E-state index in [0.29, 0.717) is 17.0 Å². The number of ether oxygens (including phenoxy) is 1. The first-order valence-corrected chi connectivity index (χ1v) is 8.15. The van der Waals surface area contributed by atoms with Gasteiger partial charge in [-0.05, 0) is 36.6 Å². The zero-order valence-corrected chi connectivity index (χ0v) is 13.2. The van der Waals surface area contributed by atoms with Crippen LogP contribution in [0.4, 0.5) is 5.69 Å². The fourth-order valence-electron chi connectivity index (χ4n) is 3.41. The molecule has 0 saturated carbocycles. The van der Waals surface area contributed by atoms with Gasteiger partial charge >= 0.3 is 0 Å². The summed E-state index contributed by atoms with van der Waals surface area (Å²) in [6.45, 7) is 0.744. The molecule has 0 spiro atoms. The second-order valence-electron chi connectivity index (χ2n) is 6.12. The van der Waals surface area contributed by atoms with Crippen LogP contribution in [0.5, 0.6) is 5.75 Å². The molecular weight excluding hydrogens is 304 g/mol. The van der Waals surface area contributed by atoms with E-state index in [1.54, 1.807) is 18.2 Å². The van der Waals surface area contributed by atoms with Crippen LogP contribution in [0.15, 0.2) is 48.5 Å². The maximum atomic E-state index is 13.0. The Kier molecular flexibility index (Phi) is 3.69. The fourth-order valence-corrected chi connectivity index (χ4v) is 3.41. The molecule has 0 bridgehead atoms. The van der Waals surface area contributed by atoms with Crippen LogP contribution in [0.2, 0.25) is 0 Å². The van der Waals surface area contributed by atoms with Crippen molar-refractivity contribution in [3.63, 3.8) is 0 Å². The third-order valence-corrected chi connectivity index (χ3v) is 4.56. The number of likely N-dealkylation sites (tertiary alicyclic amines) is 1. The third-order valence-electron chi connectivity index (χ3n) is 4.56. The minimum absolute atomic E-state index is 0.00431. The first kappa shape index (κ1) is 14.8. The molecule has 24 heavy (non-hydrogen) atoms. The molecule has 2 aromatic rings. The van der Waals surface area contributed by atoms with E-state index in [2.05, 4.69) is 17.4 Å². The SMILES string of the molecule is O=C1COc2cc(C(=O)N3CCCC3c3ccccc3)ccc2N1. The minimum atomic E-state index is -0.176. The van der Waals surface area contributed by atoms with Crippen molar-refractivity contribution < 1.29 is 14.3 Å². The lowest BCUT2D eigenvalue weighted by atomic mass is 10.0.